The molecule has 5 nitrogen and oxygen atoms in total. The molecule has 1 heterocycles. The fourth-order valence-corrected chi connectivity index (χ4v) is 4.65. The highest BCUT2D eigenvalue weighted by atomic mass is 32.2. The molecule has 0 fully saturated rings. The summed E-state index contributed by atoms with van der Waals surface area (Å²) in [6.45, 7) is 12.1. The topological polar surface area (TPSA) is 72.0 Å². The zero-order valence-corrected chi connectivity index (χ0v) is 18.3. The van der Waals surface area contributed by atoms with E-state index in [4.69, 9.17) is 0 Å². The monoisotopic (exact) mass is 421 g/mol. The number of hydrogen-bond donors (Lipinski definition) is 1. The molecule has 0 saturated heterocycles. The summed E-state index contributed by atoms with van der Waals surface area (Å²) >= 11 is 4.28. The van der Waals surface area contributed by atoms with E-state index in [0.717, 1.165) is 21.2 Å². The second kappa shape index (κ2) is 9.52. The zero-order valence-electron chi connectivity index (χ0n) is 15.9. The van der Waals surface area contributed by atoms with Crippen LogP contribution in [-0.4, -0.2) is 33.5 Å². The van der Waals surface area contributed by atoms with Gasteiger partial charge in [-0.25, -0.2) is 0 Å². The smallest absolute Gasteiger partial charge is 0.257 e. The zero-order chi connectivity index (χ0) is 20.0. The van der Waals surface area contributed by atoms with Crippen molar-refractivity contribution < 1.29 is 9.59 Å². The number of nitrogens with zero attached hydrogens (tertiary/aromatic N) is 2. The lowest BCUT2D eigenvalue weighted by molar-refractivity contribution is -0.117. The lowest BCUT2D eigenvalue weighted by Gasteiger charge is -2.18. The SMILES string of the molecule is C=C(C)CSc1nnc(SCC(=O)NC(=O)c2ccc(C(C)(C)C)cc2)s1. The Bertz CT molecular complexity index is 823. The number of hydrogen-bond acceptors (Lipinski definition) is 7. The van der Waals surface area contributed by atoms with Gasteiger partial charge in [-0.2, -0.15) is 0 Å². The first-order valence-corrected chi connectivity index (χ1v) is 11.1. The van der Waals surface area contributed by atoms with Crippen molar-refractivity contribution in [2.45, 2.75) is 41.8 Å². The minimum absolute atomic E-state index is 0.0186. The van der Waals surface area contributed by atoms with Crippen LogP contribution >= 0.6 is 34.9 Å². The molecule has 1 aromatic carbocycles. The highest BCUT2D eigenvalue weighted by molar-refractivity contribution is 8.03. The Labute approximate surface area is 172 Å². The van der Waals surface area contributed by atoms with Crippen molar-refractivity contribution >= 4 is 46.7 Å². The summed E-state index contributed by atoms with van der Waals surface area (Å²) in [6, 6.07) is 7.32. The molecule has 2 aromatic rings. The molecule has 1 aromatic heterocycles. The number of carbonyl (C=O) groups excluding carboxylic acids is 2. The average Bonchev–Trinajstić information content (AvgIpc) is 3.05. The van der Waals surface area contributed by atoms with E-state index in [-0.39, 0.29) is 17.1 Å². The van der Waals surface area contributed by atoms with Gasteiger partial charge in [0.1, 0.15) is 0 Å². The Hall–Kier alpha value is -1.64. The molecule has 0 unspecified atom stereocenters. The largest absolute Gasteiger partial charge is 0.292 e. The first-order chi connectivity index (χ1) is 12.6. The second-order valence-corrected chi connectivity index (χ2v) is 10.5. The molecule has 0 bridgehead atoms. The Kier molecular flexibility index (Phi) is 7.64. The van der Waals surface area contributed by atoms with Gasteiger partial charge in [-0.05, 0) is 30.0 Å². The first kappa shape index (κ1) is 21.7. The summed E-state index contributed by atoms with van der Waals surface area (Å²) in [5, 5.41) is 10.5. The minimum atomic E-state index is -0.393. The van der Waals surface area contributed by atoms with Gasteiger partial charge in [-0.3, -0.25) is 14.9 Å². The van der Waals surface area contributed by atoms with Gasteiger partial charge in [0.2, 0.25) is 5.91 Å². The van der Waals surface area contributed by atoms with Crippen LogP contribution < -0.4 is 5.32 Å². The molecular weight excluding hydrogens is 398 g/mol. The molecule has 0 aliphatic rings. The number of thioether (sulfide) groups is 2. The Morgan fingerprint density at radius 2 is 1.63 bits per heavy atom. The Morgan fingerprint density at radius 1 is 1.07 bits per heavy atom. The van der Waals surface area contributed by atoms with E-state index in [9.17, 15) is 9.59 Å². The third-order valence-electron chi connectivity index (χ3n) is 3.42. The summed E-state index contributed by atoms with van der Waals surface area (Å²) in [4.78, 5) is 24.2. The maximum Gasteiger partial charge on any atom is 0.257 e. The third kappa shape index (κ3) is 7.12. The first-order valence-electron chi connectivity index (χ1n) is 8.33. The fraction of sp³-hybridized carbons (Fsp3) is 0.368. The molecule has 2 rings (SSSR count). The van der Waals surface area contributed by atoms with Crippen LogP contribution in [0.2, 0.25) is 0 Å². The molecule has 144 valence electrons. The quantitative estimate of drug-likeness (QED) is 0.522. The molecule has 0 atom stereocenters. The maximum atomic E-state index is 12.2. The van der Waals surface area contributed by atoms with Gasteiger partial charge >= 0.3 is 0 Å². The number of imide groups is 1. The predicted octanol–water partition coefficient (Wildman–Crippen LogP) is 4.55. The number of nitrogens with one attached hydrogen (secondary N) is 1. The van der Waals surface area contributed by atoms with Crippen LogP contribution in [0.15, 0.2) is 45.1 Å². The third-order valence-corrected chi connectivity index (χ3v) is 6.84. The summed E-state index contributed by atoms with van der Waals surface area (Å²) in [5.74, 6) is 0.167. The van der Waals surface area contributed by atoms with E-state index in [1.165, 1.54) is 23.1 Å². The number of rotatable bonds is 7. The van der Waals surface area contributed by atoms with Crippen LogP contribution in [0, 0.1) is 0 Å². The molecule has 2 amide bonds. The Balaban J connectivity index is 1.83. The molecule has 0 aliphatic carbocycles. The molecule has 0 spiro atoms. The van der Waals surface area contributed by atoms with Crippen molar-refractivity contribution in [1.82, 2.24) is 15.5 Å². The van der Waals surface area contributed by atoms with Crippen LogP contribution in [0.4, 0.5) is 0 Å². The standard InChI is InChI=1S/C19H23N3O2S3/c1-12(2)10-25-17-21-22-18(27-17)26-11-15(23)20-16(24)13-6-8-14(9-7-13)19(3,4)5/h6-9H,1,10-11H2,2-5H3,(H,20,23,24). The summed E-state index contributed by atoms with van der Waals surface area (Å²) in [6.07, 6.45) is 0. The lowest BCUT2D eigenvalue weighted by atomic mass is 9.87. The number of amides is 2. The molecule has 0 radical (unpaired) electrons. The van der Waals surface area contributed by atoms with Crippen LogP contribution in [0.1, 0.15) is 43.6 Å². The summed E-state index contributed by atoms with van der Waals surface area (Å²) in [7, 11) is 0. The fourth-order valence-electron chi connectivity index (χ4n) is 1.98. The van der Waals surface area contributed by atoms with Gasteiger partial charge < -0.3 is 0 Å². The number of carbonyl (C=O) groups is 2. The summed E-state index contributed by atoms with van der Waals surface area (Å²) in [5.41, 5.74) is 2.69. The predicted molar refractivity (Wildman–Crippen MR) is 114 cm³/mol. The molecule has 27 heavy (non-hydrogen) atoms. The Morgan fingerprint density at radius 3 is 2.15 bits per heavy atom. The van der Waals surface area contributed by atoms with Crippen molar-refractivity contribution in [1.29, 1.82) is 0 Å². The van der Waals surface area contributed by atoms with Crippen molar-refractivity contribution in [2.75, 3.05) is 11.5 Å². The van der Waals surface area contributed by atoms with Gasteiger partial charge in [0.15, 0.2) is 8.68 Å². The van der Waals surface area contributed by atoms with E-state index in [2.05, 4.69) is 42.9 Å². The van der Waals surface area contributed by atoms with Gasteiger partial charge in [-0.15, -0.1) is 10.2 Å². The molecule has 8 heteroatoms. The molecule has 0 saturated carbocycles. The number of aromatic nitrogens is 2. The molecule has 0 aliphatic heterocycles. The van der Waals surface area contributed by atoms with Crippen LogP contribution in [0.3, 0.4) is 0 Å². The normalized spacial score (nSPS) is 11.3. The van der Waals surface area contributed by atoms with Crippen LogP contribution in [-0.2, 0) is 10.2 Å². The number of benzene rings is 1. The van der Waals surface area contributed by atoms with E-state index in [0.29, 0.717) is 9.90 Å². The highest BCUT2D eigenvalue weighted by Crippen LogP contribution is 2.29. The highest BCUT2D eigenvalue weighted by Gasteiger charge is 2.16. The lowest BCUT2D eigenvalue weighted by Crippen LogP contribution is -2.31. The van der Waals surface area contributed by atoms with E-state index >= 15 is 0 Å². The van der Waals surface area contributed by atoms with Crippen molar-refractivity contribution in [3.63, 3.8) is 0 Å². The van der Waals surface area contributed by atoms with Gasteiger partial charge in [-0.1, -0.05) is 79.9 Å². The van der Waals surface area contributed by atoms with Crippen molar-refractivity contribution in [3.8, 4) is 0 Å². The minimum Gasteiger partial charge on any atom is -0.292 e. The molecule has 1 N–H and O–H groups in total. The van der Waals surface area contributed by atoms with E-state index in [1.54, 1.807) is 23.9 Å². The summed E-state index contributed by atoms with van der Waals surface area (Å²) < 4.78 is 1.55. The maximum absolute atomic E-state index is 12.2. The van der Waals surface area contributed by atoms with Crippen molar-refractivity contribution in [3.05, 3.63) is 47.5 Å². The van der Waals surface area contributed by atoms with Gasteiger partial charge in [0.05, 0.1) is 5.75 Å². The van der Waals surface area contributed by atoms with Gasteiger partial charge in [0.25, 0.3) is 5.91 Å². The van der Waals surface area contributed by atoms with E-state index in [1.807, 2.05) is 19.1 Å². The average molecular weight is 422 g/mol. The molecular formula is C19H23N3O2S3. The van der Waals surface area contributed by atoms with E-state index < -0.39 is 5.91 Å². The second-order valence-electron chi connectivity index (χ2n) is 7.07. The van der Waals surface area contributed by atoms with Gasteiger partial charge in [0, 0.05) is 11.3 Å². The van der Waals surface area contributed by atoms with Crippen LogP contribution in [0.5, 0.6) is 0 Å². The van der Waals surface area contributed by atoms with Crippen molar-refractivity contribution in [2.24, 2.45) is 0 Å². The van der Waals surface area contributed by atoms with Crippen LogP contribution in [0.25, 0.3) is 0 Å².